The molecule has 3 aromatic carbocycles. The molecule has 0 unspecified atom stereocenters. The van der Waals surface area contributed by atoms with Gasteiger partial charge in [0.15, 0.2) is 11.5 Å². The van der Waals surface area contributed by atoms with E-state index in [0.717, 1.165) is 16.7 Å². The second kappa shape index (κ2) is 9.47. The highest BCUT2D eigenvalue weighted by Gasteiger charge is 2.32. The van der Waals surface area contributed by atoms with Gasteiger partial charge in [0.2, 0.25) is 5.88 Å². The fourth-order valence-corrected chi connectivity index (χ4v) is 4.36. The van der Waals surface area contributed by atoms with Crippen molar-refractivity contribution >= 4 is 15.9 Å². The molecule has 0 saturated heterocycles. The molecule has 0 bridgehead atoms. The minimum atomic E-state index is -0.485. The highest BCUT2D eigenvalue weighted by Crippen LogP contribution is 2.47. The lowest BCUT2D eigenvalue weighted by molar-refractivity contribution is 0.267. The summed E-state index contributed by atoms with van der Waals surface area (Å²) >= 11 is 3.62. The maximum atomic E-state index is 9.87. The molecule has 0 fully saturated rings. The van der Waals surface area contributed by atoms with Gasteiger partial charge < -0.3 is 25.1 Å². The monoisotopic (exact) mass is 506 g/mol. The van der Waals surface area contributed by atoms with E-state index in [-0.39, 0.29) is 17.2 Å². The van der Waals surface area contributed by atoms with Crippen LogP contribution >= 0.6 is 15.9 Å². The molecule has 0 radical (unpaired) electrons. The zero-order valence-corrected chi connectivity index (χ0v) is 19.8. The summed E-state index contributed by atoms with van der Waals surface area (Å²) in [6, 6.07) is 18.8. The number of nitriles is 1. The number of aromatic hydroxyl groups is 1. The Morgan fingerprint density at radius 2 is 1.88 bits per heavy atom. The number of allylic oxidation sites excluding steroid dienone is 1. The molecule has 0 amide bonds. The van der Waals surface area contributed by atoms with E-state index in [4.69, 9.17) is 19.9 Å². The van der Waals surface area contributed by atoms with Crippen molar-refractivity contribution in [1.82, 2.24) is 0 Å². The maximum Gasteiger partial charge on any atom is 0.205 e. The fourth-order valence-electron chi connectivity index (χ4n) is 3.78. The third-order valence-electron chi connectivity index (χ3n) is 5.37. The predicted molar refractivity (Wildman–Crippen MR) is 128 cm³/mol. The number of benzene rings is 3. The van der Waals surface area contributed by atoms with Crippen molar-refractivity contribution in [3.05, 3.63) is 92.8 Å². The summed E-state index contributed by atoms with van der Waals surface area (Å²) in [5, 5.41) is 19.7. The number of aryl methyl sites for hydroxylation is 1. The number of nitrogens with zero attached hydrogens (tertiary/aromatic N) is 1. The Kier molecular flexibility index (Phi) is 6.47. The summed E-state index contributed by atoms with van der Waals surface area (Å²) in [7, 11) is 0. The fraction of sp³-hybridized carbons (Fsp3) is 0.192. The van der Waals surface area contributed by atoms with Crippen molar-refractivity contribution in [1.29, 1.82) is 5.26 Å². The molecular formula is C26H23BrN2O4. The largest absolute Gasteiger partial charge is 0.508 e. The highest BCUT2D eigenvalue weighted by molar-refractivity contribution is 9.10. The number of rotatable bonds is 6. The van der Waals surface area contributed by atoms with Gasteiger partial charge in [-0.25, -0.2) is 0 Å². The smallest absolute Gasteiger partial charge is 0.205 e. The molecule has 33 heavy (non-hydrogen) atoms. The summed E-state index contributed by atoms with van der Waals surface area (Å²) < 4.78 is 18.3. The molecule has 7 heteroatoms. The Bertz CT molecular complexity index is 1260. The predicted octanol–water partition coefficient (Wildman–Crippen LogP) is 5.66. The molecule has 0 saturated carbocycles. The van der Waals surface area contributed by atoms with Gasteiger partial charge in [-0.15, -0.1) is 0 Å². The van der Waals surface area contributed by atoms with Crippen molar-refractivity contribution in [3.8, 4) is 29.1 Å². The molecule has 6 nitrogen and oxygen atoms in total. The second-order valence-electron chi connectivity index (χ2n) is 7.68. The Balaban J connectivity index is 1.75. The van der Waals surface area contributed by atoms with E-state index in [1.807, 2.05) is 50.2 Å². The van der Waals surface area contributed by atoms with Crippen LogP contribution < -0.4 is 19.9 Å². The van der Waals surface area contributed by atoms with E-state index in [0.29, 0.717) is 34.9 Å². The Hall–Kier alpha value is -3.63. The lowest BCUT2D eigenvalue weighted by Gasteiger charge is -2.27. The van der Waals surface area contributed by atoms with Crippen molar-refractivity contribution in [2.24, 2.45) is 5.73 Å². The Morgan fingerprint density at radius 3 is 2.58 bits per heavy atom. The van der Waals surface area contributed by atoms with Gasteiger partial charge in [0.05, 0.1) is 17.0 Å². The van der Waals surface area contributed by atoms with Crippen molar-refractivity contribution in [2.75, 3.05) is 6.61 Å². The molecule has 1 aliphatic heterocycles. The SMILES string of the molecule is CCOc1cc([C@@H]2C(C#N)=C(N)Oc3cc(O)ccc32)cc(Br)c1OCc1ccc(C)cc1. The minimum absolute atomic E-state index is 0.00869. The van der Waals surface area contributed by atoms with Gasteiger partial charge in [0.1, 0.15) is 29.7 Å². The van der Waals surface area contributed by atoms with Gasteiger partial charge in [-0.05, 0) is 59.1 Å². The number of ether oxygens (including phenoxy) is 3. The van der Waals surface area contributed by atoms with Crippen molar-refractivity contribution < 1.29 is 19.3 Å². The van der Waals surface area contributed by atoms with Crippen LogP contribution in [0.1, 0.15) is 35.1 Å². The van der Waals surface area contributed by atoms with Crippen LogP contribution in [0, 0.1) is 18.3 Å². The molecule has 1 aliphatic rings. The van der Waals surface area contributed by atoms with Gasteiger partial charge in [-0.3, -0.25) is 0 Å². The van der Waals surface area contributed by atoms with Crippen LogP contribution in [0.15, 0.2) is 70.5 Å². The van der Waals surface area contributed by atoms with Crippen LogP contribution in [-0.2, 0) is 6.61 Å². The number of phenolic OH excluding ortho intramolecular Hbond substituents is 1. The lowest BCUT2D eigenvalue weighted by Crippen LogP contribution is -2.21. The van der Waals surface area contributed by atoms with E-state index in [1.165, 1.54) is 11.6 Å². The van der Waals surface area contributed by atoms with E-state index in [2.05, 4.69) is 22.0 Å². The number of halogens is 1. The molecule has 4 rings (SSSR count). The molecule has 168 valence electrons. The van der Waals surface area contributed by atoms with Gasteiger partial charge in [0.25, 0.3) is 0 Å². The van der Waals surface area contributed by atoms with E-state index in [9.17, 15) is 10.4 Å². The first kappa shape index (κ1) is 22.6. The summed E-state index contributed by atoms with van der Waals surface area (Å²) in [5.74, 6) is 1.11. The summed E-state index contributed by atoms with van der Waals surface area (Å²) in [5.41, 5.74) is 10.1. The van der Waals surface area contributed by atoms with Gasteiger partial charge in [0, 0.05) is 11.6 Å². The number of hydrogen-bond donors (Lipinski definition) is 2. The molecule has 0 spiro atoms. The number of phenols is 1. The van der Waals surface area contributed by atoms with Gasteiger partial charge in [-0.1, -0.05) is 35.9 Å². The summed E-state index contributed by atoms with van der Waals surface area (Å²) in [4.78, 5) is 0. The molecule has 3 aromatic rings. The van der Waals surface area contributed by atoms with Crippen molar-refractivity contribution in [3.63, 3.8) is 0 Å². The van der Waals surface area contributed by atoms with Crippen molar-refractivity contribution in [2.45, 2.75) is 26.4 Å². The third-order valence-corrected chi connectivity index (χ3v) is 5.96. The van der Waals surface area contributed by atoms with Gasteiger partial charge >= 0.3 is 0 Å². The standard InChI is InChI=1S/C26H23BrN2O4/c1-3-31-23-11-17(10-21(27)25(23)32-14-16-6-4-15(2)5-7-16)24-19-9-8-18(30)12-22(19)33-26(29)20(24)13-28/h4-12,24,30H,3,14,29H2,1-2H3/t24-/m0/s1. The molecule has 0 aliphatic carbocycles. The Morgan fingerprint density at radius 1 is 1.12 bits per heavy atom. The van der Waals surface area contributed by atoms with Crippen LogP contribution in [0.2, 0.25) is 0 Å². The normalized spacial score (nSPS) is 14.8. The average Bonchev–Trinajstić information content (AvgIpc) is 2.78. The molecule has 3 N–H and O–H groups in total. The van der Waals surface area contributed by atoms with E-state index < -0.39 is 5.92 Å². The zero-order valence-electron chi connectivity index (χ0n) is 18.3. The summed E-state index contributed by atoms with van der Waals surface area (Å²) in [6.45, 7) is 4.77. The zero-order chi connectivity index (χ0) is 23.5. The van der Waals surface area contributed by atoms with Crippen LogP contribution in [-0.4, -0.2) is 11.7 Å². The second-order valence-corrected chi connectivity index (χ2v) is 8.54. The summed E-state index contributed by atoms with van der Waals surface area (Å²) in [6.07, 6.45) is 0. The first-order valence-corrected chi connectivity index (χ1v) is 11.3. The first-order valence-electron chi connectivity index (χ1n) is 10.5. The number of fused-ring (bicyclic) bond motifs is 1. The number of hydrogen-bond acceptors (Lipinski definition) is 6. The Labute approximate surface area is 201 Å². The third kappa shape index (κ3) is 4.62. The average molecular weight is 507 g/mol. The van der Waals surface area contributed by atoms with Gasteiger partial charge in [-0.2, -0.15) is 5.26 Å². The topological polar surface area (TPSA) is 97.7 Å². The van der Waals surface area contributed by atoms with E-state index >= 15 is 0 Å². The number of nitrogens with two attached hydrogens (primary N) is 1. The highest BCUT2D eigenvalue weighted by atomic mass is 79.9. The van der Waals surface area contributed by atoms with Crippen LogP contribution in [0.4, 0.5) is 0 Å². The van der Waals surface area contributed by atoms with Crippen LogP contribution in [0.5, 0.6) is 23.0 Å². The minimum Gasteiger partial charge on any atom is -0.508 e. The quantitative estimate of drug-likeness (QED) is 0.447. The molecule has 1 heterocycles. The molecule has 1 atom stereocenters. The molecular weight excluding hydrogens is 484 g/mol. The molecule has 0 aromatic heterocycles. The first-order chi connectivity index (χ1) is 15.9. The maximum absolute atomic E-state index is 9.87. The van der Waals surface area contributed by atoms with E-state index in [1.54, 1.807) is 12.1 Å². The van der Waals surface area contributed by atoms with Crippen LogP contribution in [0.3, 0.4) is 0 Å². The van der Waals surface area contributed by atoms with Crippen LogP contribution in [0.25, 0.3) is 0 Å². The lowest BCUT2D eigenvalue weighted by atomic mass is 9.83.